The molecule has 2 heterocycles. The van der Waals surface area contributed by atoms with Gasteiger partial charge in [-0.05, 0) is 18.1 Å². The van der Waals surface area contributed by atoms with E-state index in [0.717, 1.165) is 11.1 Å². The number of benzene rings is 1. The molecule has 0 aliphatic heterocycles. The summed E-state index contributed by atoms with van der Waals surface area (Å²) in [7, 11) is 2.95. The van der Waals surface area contributed by atoms with Crippen LogP contribution in [0.5, 0.6) is 6.01 Å². The molecule has 148 valence electrons. The minimum atomic E-state index is -0.249. The van der Waals surface area contributed by atoms with Gasteiger partial charge in [0.2, 0.25) is 0 Å². The number of rotatable bonds is 8. The maximum atomic E-state index is 11.4. The maximum Gasteiger partial charge on any atom is 0.309 e. The first-order chi connectivity index (χ1) is 13.5. The SMILES string of the molecule is COC(=O)Cc1cccc(CNCCn2c(OC)nc3c(N)nc(C)nc32)c1. The molecule has 0 atom stereocenters. The number of anilines is 1. The molecule has 28 heavy (non-hydrogen) atoms. The van der Waals surface area contributed by atoms with E-state index in [0.29, 0.717) is 48.5 Å². The number of carbonyl (C=O) groups excluding carboxylic acids is 1. The van der Waals surface area contributed by atoms with E-state index in [1.54, 1.807) is 14.0 Å². The van der Waals surface area contributed by atoms with Crippen molar-refractivity contribution in [2.45, 2.75) is 26.4 Å². The van der Waals surface area contributed by atoms with E-state index in [-0.39, 0.29) is 12.4 Å². The van der Waals surface area contributed by atoms with Crippen LogP contribution in [-0.4, -0.2) is 46.3 Å². The Labute approximate surface area is 162 Å². The third-order valence-corrected chi connectivity index (χ3v) is 4.29. The first-order valence-electron chi connectivity index (χ1n) is 8.91. The number of nitrogens with zero attached hydrogens (tertiary/aromatic N) is 4. The number of hydrogen-bond acceptors (Lipinski definition) is 8. The molecule has 3 rings (SSSR count). The quantitative estimate of drug-likeness (QED) is 0.440. The number of fused-ring (bicyclic) bond motifs is 1. The van der Waals surface area contributed by atoms with Crippen LogP contribution >= 0.6 is 0 Å². The molecular formula is C19H24N6O3. The molecule has 3 N–H and O–H groups in total. The van der Waals surface area contributed by atoms with Gasteiger partial charge >= 0.3 is 5.97 Å². The average molecular weight is 384 g/mol. The molecule has 0 saturated heterocycles. The summed E-state index contributed by atoms with van der Waals surface area (Å²) in [5.74, 6) is 0.680. The van der Waals surface area contributed by atoms with Gasteiger partial charge in [0, 0.05) is 19.6 Å². The molecule has 0 aliphatic rings. The molecular weight excluding hydrogens is 360 g/mol. The predicted molar refractivity (Wildman–Crippen MR) is 105 cm³/mol. The van der Waals surface area contributed by atoms with Gasteiger partial charge in [-0.25, -0.2) is 9.97 Å². The lowest BCUT2D eigenvalue weighted by molar-refractivity contribution is -0.139. The van der Waals surface area contributed by atoms with E-state index in [9.17, 15) is 4.79 Å². The Morgan fingerprint density at radius 2 is 2.00 bits per heavy atom. The Morgan fingerprint density at radius 1 is 1.21 bits per heavy atom. The van der Waals surface area contributed by atoms with Gasteiger partial charge in [-0.3, -0.25) is 9.36 Å². The van der Waals surface area contributed by atoms with Crippen LogP contribution < -0.4 is 15.8 Å². The van der Waals surface area contributed by atoms with Gasteiger partial charge in [0.05, 0.1) is 20.6 Å². The number of ether oxygens (including phenoxy) is 2. The minimum Gasteiger partial charge on any atom is -0.469 e. The number of hydrogen-bond donors (Lipinski definition) is 2. The second-order valence-electron chi connectivity index (χ2n) is 6.33. The van der Waals surface area contributed by atoms with E-state index in [4.69, 9.17) is 15.2 Å². The highest BCUT2D eigenvalue weighted by Gasteiger charge is 2.16. The third kappa shape index (κ3) is 4.37. The largest absolute Gasteiger partial charge is 0.469 e. The number of carbonyl (C=O) groups is 1. The Kier molecular flexibility index (Phi) is 6.05. The minimum absolute atomic E-state index is 0.249. The Morgan fingerprint density at radius 3 is 2.75 bits per heavy atom. The molecule has 0 amide bonds. The number of nitrogens with one attached hydrogen (secondary N) is 1. The molecule has 9 nitrogen and oxygen atoms in total. The topological polar surface area (TPSA) is 117 Å². The normalized spacial score (nSPS) is 11.0. The highest BCUT2D eigenvalue weighted by Crippen LogP contribution is 2.23. The van der Waals surface area contributed by atoms with Crippen LogP contribution in [0.3, 0.4) is 0 Å². The molecule has 1 aromatic carbocycles. The number of imidazole rings is 1. The fraction of sp³-hybridized carbons (Fsp3) is 0.368. The van der Waals surface area contributed by atoms with Crippen LogP contribution in [0.25, 0.3) is 11.2 Å². The summed E-state index contributed by atoms with van der Waals surface area (Å²) in [4.78, 5) is 24.4. The van der Waals surface area contributed by atoms with Crippen LogP contribution in [0.1, 0.15) is 17.0 Å². The smallest absolute Gasteiger partial charge is 0.309 e. The molecule has 2 aromatic heterocycles. The lowest BCUT2D eigenvalue weighted by Gasteiger charge is -2.10. The molecule has 0 fully saturated rings. The summed E-state index contributed by atoms with van der Waals surface area (Å²) >= 11 is 0. The molecule has 0 saturated carbocycles. The molecule has 0 unspecified atom stereocenters. The second kappa shape index (κ2) is 8.66. The fourth-order valence-corrected chi connectivity index (χ4v) is 2.98. The maximum absolute atomic E-state index is 11.4. The summed E-state index contributed by atoms with van der Waals surface area (Å²) in [6, 6.07) is 8.30. The zero-order valence-corrected chi connectivity index (χ0v) is 16.2. The van der Waals surface area contributed by atoms with Crippen molar-refractivity contribution in [3.05, 3.63) is 41.2 Å². The average Bonchev–Trinajstić information content (AvgIpc) is 3.03. The molecule has 3 aromatic rings. The van der Waals surface area contributed by atoms with Crippen LogP contribution in [0.2, 0.25) is 0 Å². The van der Waals surface area contributed by atoms with E-state index in [2.05, 4.69) is 20.3 Å². The van der Waals surface area contributed by atoms with E-state index in [1.807, 2.05) is 28.8 Å². The second-order valence-corrected chi connectivity index (χ2v) is 6.33. The van der Waals surface area contributed by atoms with Gasteiger partial charge < -0.3 is 20.5 Å². The molecule has 0 aliphatic carbocycles. The van der Waals surface area contributed by atoms with Crippen molar-refractivity contribution in [3.63, 3.8) is 0 Å². The van der Waals surface area contributed by atoms with Crippen LogP contribution in [-0.2, 0) is 29.0 Å². The summed E-state index contributed by atoms with van der Waals surface area (Å²) in [5.41, 5.74) is 9.16. The van der Waals surface area contributed by atoms with Crippen molar-refractivity contribution in [1.82, 2.24) is 24.8 Å². The summed E-state index contributed by atoms with van der Waals surface area (Å²) in [5, 5.41) is 3.38. The van der Waals surface area contributed by atoms with Gasteiger partial charge in [-0.15, -0.1) is 0 Å². The van der Waals surface area contributed by atoms with Crippen molar-refractivity contribution in [3.8, 4) is 6.01 Å². The predicted octanol–water partition coefficient (Wildman–Crippen LogP) is 1.23. The summed E-state index contributed by atoms with van der Waals surface area (Å²) < 4.78 is 12.0. The first-order valence-corrected chi connectivity index (χ1v) is 8.91. The van der Waals surface area contributed by atoms with Crippen molar-refractivity contribution in [1.29, 1.82) is 0 Å². The van der Waals surface area contributed by atoms with Gasteiger partial charge in [-0.2, -0.15) is 4.98 Å². The van der Waals surface area contributed by atoms with Gasteiger partial charge in [0.15, 0.2) is 17.0 Å². The highest BCUT2D eigenvalue weighted by molar-refractivity contribution is 5.82. The molecule has 9 heteroatoms. The van der Waals surface area contributed by atoms with Crippen molar-refractivity contribution in [2.24, 2.45) is 0 Å². The number of aryl methyl sites for hydroxylation is 1. The summed E-state index contributed by atoms with van der Waals surface area (Å²) in [6.45, 7) is 3.74. The highest BCUT2D eigenvalue weighted by atomic mass is 16.5. The third-order valence-electron chi connectivity index (χ3n) is 4.29. The number of nitrogens with two attached hydrogens (primary N) is 1. The van der Waals surface area contributed by atoms with Gasteiger partial charge in [0.25, 0.3) is 6.01 Å². The van der Waals surface area contributed by atoms with Crippen molar-refractivity contribution >= 4 is 23.0 Å². The number of aromatic nitrogens is 4. The number of nitrogen functional groups attached to an aromatic ring is 1. The van der Waals surface area contributed by atoms with Gasteiger partial charge in [-0.1, -0.05) is 24.3 Å². The number of esters is 1. The van der Waals surface area contributed by atoms with Crippen LogP contribution in [0.4, 0.5) is 5.82 Å². The van der Waals surface area contributed by atoms with Crippen molar-refractivity contribution in [2.75, 3.05) is 26.5 Å². The zero-order valence-electron chi connectivity index (χ0n) is 16.2. The van der Waals surface area contributed by atoms with Gasteiger partial charge in [0.1, 0.15) is 5.82 Å². The molecule has 0 spiro atoms. The first kappa shape index (κ1) is 19.6. The Hall–Kier alpha value is -3.20. The molecule has 0 radical (unpaired) electrons. The van der Waals surface area contributed by atoms with Crippen LogP contribution in [0, 0.1) is 6.92 Å². The lowest BCUT2D eigenvalue weighted by Crippen LogP contribution is -2.20. The van der Waals surface area contributed by atoms with E-state index < -0.39 is 0 Å². The lowest BCUT2D eigenvalue weighted by atomic mass is 10.1. The monoisotopic (exact) mass is 384 g/mol. The Balaban J connectivity index is 1.64. The standard InChI is InChI=1S/C19H24N6O3/c1-12-22-17(20)16-18(23-12)25(19(24-16)28-3)8-7-21-11-14-6-4-5-13(9-14)10-15(26)27-2/h4-6,9,21H,7-8,10-11H2,1-3H3,(H2,20,22,23). The van der Waals surface area contributed by atoms with Crippen molar-refractivity contribution < 1.29 is 14.3 Å². The van der Waals surface area contributed by atoms with E-state index >= 15 is 0 Å². The molecule has 0 bridgehead atoms. The Bertz CT molecular complexity index is 985. The van der Waals surface area contributed by atoms with Crippen LogP contribution in [0.15, 0.2) is 24.3 Å². The summed E-state index contributed by atoms with van der Waals surface area (Å²) in [6.07, 6.45) is 0.267. The van der Waals surface area contributed by atoms with E-state index in [1.165, 1.54) is 7.11 Å². The number of methoxy groups -OCH3 is 2. The fourth-order valence-electron chi connectivity index (χ4n) is 2.98. The zero-order chi connectivity index (χ0) is 20.1.